The van der Waals surface area contributed by atoms with Crippen molar-refractivity contribution in [3.05, 3.63) is 72.2 Å². The summed E-state index contributed by atoms with van der Waals surface area (Å²) in [6.07, 6.45) is 3.41. The molecule has 4 rings (SSSR count). The van der Waals surface area contributed by atoms with Gasteiger partial charge in [0, 0.05) is 47.9 Å². The molecular formula is C26H23F2N3O6. The van der Waals surface area contributed by atoms with Crippen LogP contribution in [0.15, 0.2) is 55.0 Å². The number of aliphatic hydroxyl groups excluding tert-OH is 1. The number of pyridine rings is 2. The van der Waals surface area contributed by atoms with E-state index in [9.17, 15) is 18.7 Å². The average Bonchev–Trinajstić information content (AvgIpc) is 2.88. The Labute approximate surface area is 210 Å². The number of halogens is 2. The highest BCUT2D eigenvalue weighted by Gasteiger charge is 2.19. The average molecular weight is 511 g/mol. The minimum absolute atomic E-state index is 0.000321. The number of carbonyl (C=O) groups excluding carboxylic acids is 1. The molecule has 0 fully saturated rings. The fourth-order valence-corrected chi connectivity index (χ4v) is 3.47. The Kier molecular flexibility index (Phi) is 7.63. The quantitative estimate of drug-likeness (QED) is 0.332. The molecule has 11 heteroatoms. The Bertz CT molecular complexity index is 1420. The van der Waals surface area contributed by atoms with Gasteiger partial charge in [0.15, 0.2) is 28.9 Å². The zero-order valence-corrected chi connectivity index (χ0v) is 20.1. The summed E-state index contributed by atoms with van der Waals surface area (Å²) in [5.74, 6) is -2.41. The fourth-order valence-electron chi connectivity index (χ4n) is 3.47. The van der Waals surface area contributed by atoms with Crippen LogP contribution in [-0.2, 0) is 0 Å². The first kappa shape index (κ1) is 25.6. The van der Waals surface area contributed by atoms with Crippen LogP contribution in [0.5, 0.6) is 28.7 Å². The summed E-state index contributed by atoms with van der Waals surface area (Å²) in [5.41, 5.74) is 0.392. The number of fused-ring (bicyclic) bond motifs is 1. The van der Waals surface area contributed by atoms with Crippen LogP contribution < -0.4 is 24.3 Å². The summed E-state index contributed by atoms with van der Waals surface area (Å²) < 4.78 is 51.6. The first-order valence-electron chi connectivity index (χ1n) is 11.0. The molecule has 9 nitrogen and oxygen atoms in total. The maximum absolute atomic E-state index is 15.0. The van der Waals surface area contributed by atoms with Crippen LogP contribution in [0.4, 0.5) is 14.5 Å². The normalized spacial score (nSPS) is 11.6. The number of benzene rings is 2. The largest absolute Gasteiger partial charge is 0.496 e. The fraction of sp³-hybridized carbons (Fsp3) is 0.192. The highest BCUT2D eigenvalue weighted by atomic mass is 19.1. The van der Waals surface area contributed by atoms with Crippen LogP contribution >= 0.6 is 0 Å². The zero-order chi connectivity index (χ0) is 26.5. The molecule has 0 saturated heterocycles. The van der Waals surface area contributed by atoms with Crippen molar-refractivity contribution >= 4 is 22.5 Å². The number of rotatable bonds is 9. The second-order valence-corrected chi connectivity index (χ2v) is 7.89. The van der Waals surface area contributed by atoms with Crippen molar-refractivity contribution in [3.8, 4) is 28.7 Å². The van der Waals surface area contributed by atoms with Gasteiger partial charge in [-0.2, -0.15) is 0 Å². The lowest BCUT2D eigenvalue weighted by atomic mass is 10.1. The van der Waals surface area contributed by atoms with Gasteiger partial charge in [0.1, 0.15) is 18.1 Å². The molecule has 192 valence electrons. The topological polar surface area (TPSA) is 112 Å². The van der Waals surface area contributed by atoms with Crippen molar-refractivity contribution in [2.24, 2.45) is 0 Å². The van der Waals surface area contributed by atoms with Gasteiger partial charge in [-0.15, -0.1) is 0 Å². The number of aromatic nitrogens is 2. The molecule has 0 aliphatic rings. The highest BCUT2D eigenvalue weighted by molar-refractivity contribution is 6.06. The summed E-state index contributed by atoms with van der Waals surface area (Å²) >= 11 is 0. The van der Waals surface area contributed by atoms with E-state index in [1.165, 1.54) is 44.9 Å². The number of hydrogen-bond acceptors (Lipinski definition) is 8. The van der Waals surface area contributed by atoms with E-state index in [2.05, 4.69) is 15.3 Å². The molecule has 2 aromatic heterocycles. The molecule has 2 heterocycles. The molecule has 0 bridgehead atoms. The monoisotopic (exact) mass is 511 g/mol. The standard InChI is InChI=1S/C26H23F2N3O6/c1-14(32)13-36-24-10-16-20(11-23(24)35-3)30-7-5-22(16)37-25-18(27)8-15(9-19(25)28)31-26(33)17-12-29-6-4-21(17)34-2/h4-12,14,32H,13H2,1-3H3,(H,31,33). The van der Waals surface area contributed by atoms with E-state index in [1.807, 2.05) is 0 Å². The van der Waals surface area contributed by atoms with Gasteiger partial charge in [0.2, 0.25) is 0 Å². The van der Waals surface area contributed by atoms with Crippen molar-refractivity contribution in [2.75, 3.05) is 26.1 Å². The Morgan fingerprint density at radius 2 is 1.70 bits per heavy atom. The number of anilines is 1. The third kappa shape index (κ3) is 5.67. The number of ether oxygens (including phenoxy) is 4. The van der Waals surface area contributed by atoms with E-state index < -0.39 is 29.4 Å². The van der Waals surface area contributed by atoms with Crippen LogP contribution in [0.3, 0.4) is 0 Å². The van der Waals surface area contributed by atoms with Crippen molar-refractivity contribution in [3.63, 3.8) is 0 Å². The van der Waals surface area contributed by atoms with Crippen LogP contribution in [0.1, 0.15) is 17.3 Å². The summed E-state index contributed by atoms with van der Waals surface area (Å²) in [5, 5.41) is 12.4. The number of aliphatic hydroxyl groups is 1. The lowest BCUT2D eigenvalue weighted by Gasteiger charge is -2.15. The van der Waals surface area contributed by atoms with Crippen molar-refractivity contribution in [1.82, 2.24) is 9.97 Å². The van der Waals surface area contributed by atoms with Gasteiger partial charge < -0.3 is 29.4 Å². The van der Waals surface area contributed by atoms with Crippen LogP contribution in [0, 0.1) is 11.6 Å². The Balaban J connectivity index is 1.63. The molecular weight excluding hydrogens is 488 g/mol. The second kappa shape index (κ2) is 11.0. The molecule has 0 radical (unpaired) electrons. The van der Waals surface area contributed by atoms with Gasteiger partial charge in [-0.3, -0.25) is 14.8 Å². The molecule has 2 N–H and O–H groups in total. The third-order valence-electron chi connectivity index (χ3n) is 5.18. The van der Waals surface area contributed by atoms with Crippen molar-refractivity contribution < 1.29 is 37.6 Å². The molecule has 37 heavy (non-hydrogen) atoms. The van der Waals surface area contributed by atoms with E-state index in [0.717, 1.165) is 12.1 Å². The smallest absolute Gasteiger partial charge is 0.261 e. The number of nitrogens with one attached hydrogen (secondary N) is 1. The molecule has 0 saturated carbocycles. The molecule has 1 atom stereocenters. The lowest BCUT2D eigenvalue weighted by molar-refractivity contribution is 0.102. The molecule has 1 amide bonds. The first-order chi connectivity index (χ1) is 17.8. The van der Waals surface area contributed by atoms with E-state index >= 15 is 0 Å². The molecule has 4 aromatic rings. The molecule has 1 unspecified atom stereocenters. The maximum Gasteiger partial charge on any atom is 0.261 e. The van der Waals surface area contributed by atoms with Crippen LogP contribution in [0.25, 0.3) is 10.9 Å². The third-order valence-corrected chi connectivity index (χ3v) is 5.18. The van der Waals surface area contributed by atoms with E-state index in [0.29, 0.717) is 22.4 Å². The predicted octanol–water partition coefficient (Wildman–Crippen LogP) is 4.73. The summed E-state index contributed by atoms with van der Waals surface area (Å²) in [4.78, 5) is 20.7. The second-order valence-electron chi connectivity index (χ2n) is 7.89. The number of amides is 1. The van der Waals surface area contributed by atoms with Crippen molar-refractivity contribution in [1.29, 1.82) is 0 Å². The number of carbonyl (C=O) groups is 1. The van der Waals surface area contributed by atoms with Gasteiger partial charge >= 0.3 is 0 Å². The molecule has 2 aromatic carbocycles. The maximum atomic E-state index is 15.0. The lowest BCUT2D eigenvalue weighted by Crippen LogP contribution is -2.14. The van der Waals surface area contributed by atoms with Crippen LogP contribution in [0.2, 0.25) is 0 Å². The molecule has 0 aliphatic carbocycles. The SMILES string of the molecule is COc1cc2nccc(Oc3c(F)cc(NC(=O)c4cnccc4OC)cc3F)c2cc1OCC(C)O. The van der Waals surface area contributed by atoms with E-state index in [-0.39, 0.29) is 29.4 Å². The van der Waals surface area contributed by atoms with Gasteiger partial charge in [-0.05, 0) is 25.1 Å². The van der Waals surface area contributed by atoms with Crippen molar-refractivity contribution in [2.45, 2.75) is 13.0 Å². The van der Waals surface area contributed by atoms with Crippen LogP contribution in [-0.4, -0.2) is 47.9 Å². The molecule has 0 spiro atoms. The Morgan fingerprint density at radius 3 is 2.38 bits per heavy atom. The minimum Gasteiger partial charge on any atom is -0.496 e. The van der Waals surface area contributed by atoms with Gasteiger partial charge in [0.05, 0.1) is 31.4 Å². The molecule has 0 aliphatic heterocycles. The van der Waals surface area contributed by atoms with E-state index in [4.69, 9.17) is 18.9 Å². The van der Waals surface area contributed by atoms with E-state index in [1.54, 1.807) is 19.1 Å². The number of nitrogens with zero attached hydrogens (tertiary/aromatic N) is 2. The highest BCUT2D eigenvalue weighted by Crippen LogP contribution is 2.38. The summed E-state index contributed by atoms with van der Waals surface area (Å²) in [6, 6.07) is 7.92. The zero-order valence-electron chi connectivity index (χ0n) is 20.1. The van der Waals surface area contributed by atoms with Gasteiger partial charge in [-0.1, -0.05) is 0 Å². The summed E-state index contributed by atoms with van der Waals surface area (Å²) in [7, 11) is 2.84. The number of methoxy groups -OCH3 is 2. The Morgan fingerprint density at radius 1 is 1.00 bits per heavy atom. The number of hydrogen-bond donors (Lipinski definition) is 2. The Hall–Kier alpha value is -4.51. The predicted molar refractivity (Wildman–Crippen MR) is 131 cm³/mol. The first-order valence-corrected chi connectivity index (χ1v) is 11.0. The summed E-state index contributed by atoms with van der Waals surface area (Å²) in [6.45, 7) is 1.56. The van der Waals surface area contributed by atoms with Gasteiger partial charge in [-0.25, -0.2) is 8.78 Å². The minimum atomic E-state index is -1.04. The van der Waals surface area contributed by atoms with Gasteiger partial charge in [0.25, 0.3) is 5.91 Å².